The zero-order valence-corrected chi connectivity index (χ0v) is 10.8. The van der Waals surface area contributed by atoms with Gasteiger partial charge in [-0.2, -0.15) is 17.0 Å². The first-order chi connectivity index (χ1) is 7.48. The Morgan fingerprint density at radius 2 is 1.75 bits per heavy atom. The van der Waals surface area contributed by atoms with Gasteiger partial charge >= 0.3 is 0 Å². The number of hydrogen-bond acceptors (Lipinski definition) is 4. The van der Waals surface area contributed by atoms with E-state index in [1.165, 1.54) is 8.61 Å². The number of nitrogens with zero attached hydrogens (tertiary/aromatic N) is 3. The molecule has 0 aromatic heterocycles. The number of piperazine rings is 1. The van der Waals surface area contributed by atoms with Crippen molar-refractivity contribution in [2.45, 2.75) is 6.42 Å². The summed E-state index contributed by atoms with van der Waals surface area (Å²) in [7, 11) is -0.155. The third-order valence-electron chi connectivity index (χ3n) is 2.75. The Balaban J connectivity index is 2.43. The summed E-state index contributed by atoms with van der Waals surface area (Å²) in [6.45, 7) is 3.58. The normalized spacial score (nSPS) is 20.5. The van der Waals surface area contributed by atoms with Gasteiger partial charge in [0, 0.05) is 53.4 Å². The van der Waals surface area contributed by atoms with Crippen molar-refractivity contribution in [2.24, 2.45) is 0 Å². The lowest BCUT2D eigenvalue weighted by molar-refractivity contribution is 0.167. The Morgan fingerprint density at radius 3 is 2.19 bits per heavy atom. The fourth-order valence-electron chi connectivity index (χ4n) is 1.71. The zero-order chi connectivity index (χ0) is 12.2. The fourth-order valence-corrected chi connectivity index (χ4v) is 2.80. The molecule has 0 aromatic rings. The molecule has 1 fully saturated rings. The number of aliphatic hydroxyl groups is 1. The van der Waals surface area contributed by atoms with Gasteiger partial charge in [-0.25, -0.2) is 0 Å². The molecule has 1 heterocycles. The predicted octanol–water partition coefficient (Wildman–Crippen LogP) is -1.21. The molecule has 6 nitrogen and oxygen atoms in total. The number of hydrogen-bond donors (Lipinski definition) is 1. The molecule has 0 saturated carbocycles. The third kappa shape index (κ3) is 3.39. The fraction of sp³-hybridized carbons (Fsp3) is 1.00. The van der Waals surface area contributed by atoms with Crippen molar-refractivity contribution in [1.29, 1.82) is 0 Å². The van der Waals surface area contributed by atoms with Gasteiger partial charge in [-0.1, -0.05) is 0 Å². The molecule has 0 aromatic carbocycles. The van der Waals surface area contributed by atoms with Crippen LogP contribution in [-0.4, -0.2) is 80.5 Å². The van der Waals surface area contributed by atoms with Crippen LogP contribution in [0, 0.1) is 0 Å². The van der Waals surface area contributed by atoms with E-state index in [2.05, 4.69) is 4.90 Å². The lowest BCUT2D eigenvalue weighted by atomic mass is 10.3. The first-order valence-corrected chi connectivity index (χ1v) is 6.89. The summed E-state index contributed by atoms with van der Waals surface area (Å²) in [6.07, 6.45) is 0.750. The van der Waals surface area contributed by atoms with Gasteiger partial charge in [0.15, 0.2) is 0 Å². The van der Waals surface area contributed by atoms with E-state index in [0.29, 0.717) is 13.1 Å². The molecule has 0 radical (unpaired) electrons. The summed E-state index contributed by atoms with van der Waals surface area (Å²) in [5, 5.41) is 8.71. The molecule has 0 spiro atoms. The van der Waals surface area contributed by atoms with Crippen LogP contribution in [0.4, 0.5) is 0 Å². The Kier molecular flexibility index (Phi) is 5.13. The molecule has 0 amide bonds. The van der Waals surface area contributed by atoms with Crippen molar-refractivity contribution < 1.29 is 13.5 Å². The average molecular weight is 251 g/mol. The molecule has 1 N–H and O–H groups in total. The molecule has 0 unspecified atom stereocenters. The minimum absolute atomic E-state index is 0.191. The quantitative estimate of drug-likeness (QED) is 0.666. The molecule has 1 rings (SSSR count). The second-order valence-electron chi connectivity index (χ2n) is 4.11. The highest BCUT2D eigenvalue weighted by Gasteiger charge is 2.27. The summed E-state index contributed by atoms with van der Waals surface area (Å²) in [4.78, 5) is 2.18. The van der Waals surface area contributed by atoms with E-state index in [9.17, 15) is 8.42 Å². The molecule has 16 heavy (non-hydrogen) atoms. The van der Waals surface area contributed by atoms with E-state index < -0.39 is 10.2 Å². The summed E-state index contributed by atoms with van der Waals surface area (Å²) in [5.74, 6) is 0. The van der Waals surface area contributed by atoms with Crippen molar-refractivity contribution in [2.75, 3.05) is 53.4 Å². The lowest BCUT2D eigenvalue weighted by Gasteiger charge is -2.34. The van der Waals surface area contributed by atoms with Crippen LogP contribution < -0.4 is 0 Å². The standard InChI is InChI=1S/C9H21N3O3S/c1-10(2)16(14,15)12-7-5-11(6-8-12)4-3-9-13/h13H,3-9H2,1-2H3. The Labute approximate surface area is 97.6 Å². The maximum Gasteiger partial charge on any atom is 0.281 e. The number of rotatable bonds is 5. The summed E-state index contributed by atoms with van der Waals surface area (Å²) < 4.78 is 26.3. The van der Waals surface area contributed by atoms with Crippen LogP contribution in [0.2, 0.25) is 0 Å². The Morgan fingerprint density at radius 1 is 1.19 bits per heavy atom. The molecule has 1 saturated heterocycles. The van der Waals surface area contributed by atoms with E-state index in [-0.39, 0.29) is 6.61 Å². The largest absolute Gasteiger partial charge is 0.396 e. The van der Waals surface area contributed by atoms with Gasteiger partial charge in [0.2, 0.25) is 0 Å². The van der Waals surface area contributed by atoms with E-state index in [1.807, 2.05) is 0 Å². The monoisotopic (exact) mass is 251 g/mol. The highest BCUT2D eigenvalue weighted by molar-refractivity contribution is 7.86. The topological polar surface area (TPSA) is 64.1 Å². The SMILES string of the molecule is CN(C)S(=O)(=O)N1CCN(CCCO)CC1. The molecule has 0 aliphatic carbocycles. The van der Waals surface area contributed by atoms with Gasteiger partial charge in [0.25, 0.3) is 10.2 Å². The molecule has 7 heteroatoms. The van der Waals surface area contributed by atoms with Crippen LogP contribution in [-0.2, 0) is 10.2 Å². The van der Waals surface area contributed by atoms with Gasteiger partial charge in [-0.15, -0.1) is 0 Å². The van der Waals surface area contributed by atoms with Gasteiger partial charge < -0.3 is 10.0 Å². The van der Waals surface area contributed by atoms with Gasteiger partial charge in [0.05, 0.1) is 0 Å². The van der Waals surface area contributed by atoms with Gasteiger partial charge in [0.1, 0.15) is 0 Å². The first-order valence-electron chi connectivity index (χ1n) is 5.49. The second-order valence-corrected chi connectivity index (χ2v) is 6.25. The molecular weight excluding hydrogens is 230 g/mol. The third-order valence-corrected chi connectivity index (χ3v) is 4.69. The molecular formula is C9H21N3O3S. The second kappa shape index (κ2) is 5.92. The maximum absolute atomic E-state index is 11.8. The first kappa shape index (κ1) is 13.9. The average Bonchev–Trinajstić information content (AvgIpc) is 2.26. The number of aliphatic hydroxyl groups excluding tert-OH is 1. The van der Waals surface area contributed by atoms with Crippen molar-refractivity contribution in [3.8, 4) is 0 Å². The maximum atomic E-state index is 11.8. The summed E-state index contributed by atoms with van der Waals surface area (Å²) >= 11 is 0. The van der Waals surface area contributed by atoms with Gasteiger partial charge in [-0.3, -0.25) is 0 Å². The van der Waals surface area contributed by atoms with Crippen LogP contribution in [0.5, 0.6) is 0 Å². The highest BCUT2D eigenvalue weighted by Crippen LogP contribution is 2.09. The van der Waals surface area contributed by atoms with Crippen molar-refractivity contribution in [1.82, 2.24) is 13.5 Å². The van der Waals surface area contributed by atoms with Crippen LogP contribution >= 0.6 is 0 Å². The van der Waals surface area contributed by atoms with Crippen LogP contribution in [0.1, 0.15) is 6.42 Å². The van der Waals surface area contributed by atoms with Crippen LogP contribution in [0.3, 0.4) is 0 Å². The van der Waals surface area contributed by atoms with E-state index >= 15 is 0 Å². The summed E-state index contributed by atoms with van der Waals surface area (Å²) in [6, 6.07) is 0. The lowest BCUT2D eigenvalue weighted by Crippen LogP contribution is -2.51. The summed E-state index contributed by atoms with van der Waals surface area (Å²) in [5.41, 5.74) is 0. The van der Waals surface area contributed by atoms with E-state index in [4.69, 9.17) is 5.11 Å². The van der Waals surface area contributed by atoms with Crippen LogP contribution in [0.25, 0.3) is 0 Å². The smallest absolute Gasteiger partial charge is 0.281 e. The predicted molar refractivity (Wildman–Crippen MR) is 62.3 cm³/mol. The Hall–Kier alpha value is -0.210. The van der Waals surface area contributed by atoms with Crippen molar-refractivity contribution in [3.05, 3.63) is 0 Å². The molecule has 1 aliphatic rings. The molecule has 0 atom stereocenters. The molecule has 0 bridgehead atoms. The minimum atomic E-state index is -3.25. The zero-order valence-electron chi connectivity index (χ0n) is 9.96. The van der Waals surface area contributed by atoms with E-state index in [0.717, 1.165) is 26.1 Å². The van der Waals surface area contributed by atoms with Crippen molar-refractivity contribution >= 4 is 10.2 Å². The van der Waals surface area contributed by atoms with Gasteiger partial charge in [-0.05, 0) is 6.42 Å². The Bertz CT molecular complexity index is 297. The minimum Gasteiger partial charge on any atom is -0.396 e. The van der Waals surface area contributed by atoms with Crippen LogP contribution in [0.15, 0.2) is 0 Å². The highest BCUT2D eigenvalue weighted by atomic mass is 32.2. The van der Waals surface area contributed by atoms with E-state index in [1.54, 1.807) is 14.1 Å². The molecule has 96 valence electrons. The van der Waals surface area contributed by atoms with Crippen molar-refractivity contribution in [3.63, 3.8) is 0 Å². The molecule has 1 aliphatic heterocycles.